The first-order valence-corrected chi connectivity index (χ1v) is 6.14. The molecule has 2 aromatic heterocycles. The van der Waals surface area contributed by atoms with Crippen molar-refractivity contribution < 1.29 is 9.18 Å². The van der Waals surface area contributed by atoms with E-state index in [0.29, 0.717) is 11.1 Å². The van der Waals surface area contributed by atoms with Crippen molar-refractivity contribution >= 4 is 29.1 Å². The Morgan fingerprint density at radius 2 is 2.19 bits per heavy atom. The molecular weight excluding hydrogens is 271 g/mol. The van der Waals surface area contributed by atoms with Crippen molar-refractivity contribution in [2.75, 3.05) is 0 Å². The van der Waals surface area contributed by atoms with Gasteiger partial charge in [-0.3, -0.25) is 4.98 Å². The summed E-state index contributed by atoms with van der Waals surface area (Å²) in [5.41, 5.74) is 6.40. The van der Waals surface area contributed by atoms with Gasteiger partial charge in [0.25, 0.3) is 0 Å². The minimum Gasteiger partial charge on any atom is -0.350 e. The normalized spacial score (nSPS) is 11.3. The van der Waals surface area contributed by atoms with Crippen LogP contribution in [0.1, 0.15) is 11.4 Å². The van der Waals surface area contributed by atoms with E-state index in [0.717, 1.165) is 16.4 Å². The summed E-state index contributed by atoms with van der Waals surface area (Å²) in [5.74, 6) is -0.601. The van der Waals surface area contributed by atoms with Gasteiger partial charge in [-0.2, -0.15) is 9.78 Å². The number of rotatable bonds is 2. The lowest BCUT2D eigenvalue weighted by Crippen LogP contribution is -2.21. The fraction of sp³-hybridized carbons (Fsp3) is 0. The fourth-order valence-electron chi connectivity index (χ4n) is 2.01. The van der Waals surface area contributed by atoms with E-state index in [9.17, 15) is 9.18 Å². The third-order valence-corrected chi connectivity index (χ3v) is 2.92. The maximum Gasteiger partial charge on any atom is 0.340 e. The Labute approximate surface area is 119 Å². The minimum atomic E-state index is -0.845. The summed E-state index contributed by atoms with van der Waals surface area (Å²) in [7, 11) is 0. The Morgan fingerprint density at radius 1 is 1.33 bits per heavy atom. The van der Waals surface area contributed by atoms with E-state index in [-0.39, 0.29) is 5.52 Å². The highest BCUT2D eigenvalue weighted by Gasteiger charge is 2.15. The molecule has 3 rings (SSSR count). The largest absolute Gasteiger partial charge is 0.350 e. The van der Waals surface area contributed by atoms with Crippen molar-refractivity contribution in [2.24, 2.45) is 5.73 Å². The zero-order chi connectivity index (χ0) is 14.8. The maximum absolute atomic E-state index is 13.8. The Morgan fingerprint density at radius 3 is 2.90 bits per heavy atom. The van der Waals surface area contributed by atoms with Crippen LogP contribution < -0.4 is 5.73 Å². The van der Waals surface area contributed by atoms with Crippen LogP contribution in [0.4, 0.5) is 9.18 Å². The second-order valence-corrected chi connectivity index (χ2v) is 4.29. The number of nitrogens with zero attached hydrogens (tertiary/aromatic N) is 3. The highest BCUT2D eigenvalue weighted by Crippen LogP contribution is 2.22. The molecule has 3 aromatic rings. The van der Waals surface area contributed by atoms with Crippen molar-refractivity contribution in [2.45, 2.75) is 0 Å². The average Bonchev–Trinajstić information content (AvgIpc) is 2.87. The second kappa shape index (κ2) is 5.16. The number of benzene rings is 1. The highest BCUT2D eigenvalue weighted by atomic mass is 19.1. The van der Waals surface area contributed by atoms with Crippen molar-refractivity contribution in [1.29, 1.82) is 0 Å². The van der Waals surface area contributed by atoms with E-state index < -0.39 is 11.8 Å². The number of hydrogen-bond acceptors (Lipinski definition) is 3. The van der Waals surface area contributed by atoms with Gasteiger partial charge in [0.15, 0.2) is 0 Å². The first-order chi connectivity index (χ1) is 10.2. The Balaban J connectivity index is 2.13. The molecule has 0 unspecified atom stereocenters. The van der Waals surface area contributed by atoms with E-state index >= 15 is 0 Å². The fourth-order valence-corrected chi connectivity index (χ4v) is 2.01. The smallest absolute Gasteiger partial charge is 0.340 e. The number of aromatic nitrogens is 3. The minimum absolute atomic E-state index is 0.0434. The van der Waals surface area contributed by atoms with Crippen LogP contribution in [-0.4, -0.2) is 20.8 Å². The molecule has 0 saturated heterocycles. The molecule has 21 heavy (non-hydrogen) atoms. The van der Waals surface area contributed by atoms with Crippen LogP contribution in [0.5, 0.6) is 0 Å². The summed E-state index contributed by atoms with van der Waals surface area (Å²) < 4.78 is 14.7. The number of carbonyl (C=O) groups is 1. The van der Waals surface area contributed by atoms with Crippen LogP contribution in [-0.2, 0) is 0 Å². The molecule has 6 heteroatoms. The Kier molecular flexibility index (Phi) is 3.19. The maximum atomic E-state index is 13.8. The lowest BCUT2D eigenvalue weighted by atomic mass is 10.2. The zero-order valence-electron chi connectivity index (χ0n) is 10.8. The number of pyridine rings is 1. The molecule has 1 radical (unpaired) electrons. The number of amides is 1. The third kappa shape index (κ3) is 2.38. The Bertz CT molecular complexity index is 840. The van der Waals surface area contributed by atoms with Crippen molar-refractivity contribution in [3.63, 3.8) is 0 Å². The van der Waals surface area contributed by atoms with Crippen LogP contribution in [0.2, 0.25) is 0 Å². The number of hydrogen-bond donors (Lipinski definition) is 1. The van der Waals surface area contributed by atoms with E-state index in [1.54, 1.807) is 30.5 Å². The average molecular weight is 281 g/mol. The predicted molar refractivity (Wildman–Crippen MR) is 76.7 cm³/mol. The summed E-state index contributed by atoms with van der Waals surface area (Å²) in [6.07, 6.45) is 5.03. The van der Waals surface area contributed by atoms with Gasteiger partial charge in [0.2, 0.25) is 0 Å². The summed E-state index contributed by atoms with van der Waals surface area (Å²) in [5, 5.41) is 4.49. The van der Waals surface area contributed by atoms with Crippen molar-refractivity contribution in [1.82, 2.24) is 14.8 Å². The zero-order valence-corrected chi connectivity index (χ0v) is 10.8. The third-order valence-electron chi connectivity index (χ3n) is 2.92. The number of carbonyl (C=O) groups excluding carboxylic acids is 1. The van der Waals surface area contributed by atoms with Gasteiger partial charge in [0.05, 0.1) is 11.4 Å². The Hall–Kier alpha value is -3.02. The molecule has 103 valence electrons. The van der Waals surface area contributed by atoms with E-state index in [1.165, 1.54) is 0 Å². The summed E-state index contributed by atoms with van der Waals surface area (Å²) >= 11 is 0. The van der Waals surface area contributed by atoms with Gasteiger partial charge in [0, 0.05) is 11.6 Å². The van der Waals surface area contributed by atoms with E-state index in [2.05, 4.69) is 16.1 Å². The molecule has 0 aliphatic heterocycles. The molecule has 2 heterocycles. The molecular formula is C15H10FN4O. The molecule has 2 N–H and O–H groups in total. The van der Waals surface area contributed by atoms with Gasteiger partial charge in [-0.05, 0) is 42.5 Å². The van der Waals surface area contributed by atoms with Crippen molar-refractivity contribution in [3.8, 4) is 0 Å². The highest BCUT2D eigenvalue weighted by molar-refractivity contribution is 5.95. The molecule has 0 saturated carbocycles. The molecule has 0 aliphatic carbocycles. The topological polar surface area (TPSA) is 73.8 Å². The van der Waals surface area contributed by atoms with E-state index in [4.69, 9.17) is 5.73 Å². The molecule has 0 bridgehead atoms. The number of halogens is 1. The lowest BCUT2D eigenvalue weighted by Gasteiger charge is -1.96. The van der Waals surface area contributed by atoms with Gasteiger partial charge in [-0.1, -0.05) is 6.07 Å². The second-order valence-electron chi connectivity index (χ2n) is 4.29. The molecule has 5 nitrogen and oxygen atoms in total. The number of nitrogens with two attached hydrogens (primary N) is 1. The lowest BCUT2D eigenvalue weighted by molar-refractivity contribution is 0.248. The monoisotopic (exact) mass is 281 g/mol. The number of fused-ring (bicyclic) bond motifs is 1. The first kappa shape index (κ1) is 13.0. The van der Waals surface area contributed by atoms with Crippen molar-refractivity contribution in [3.05, 3.63) is 59.8 Å². The summed E-state index contributed by atoms with van der Waals surface area (Å²) in [6, 6.07) is 9.98. The van der Waals surface area contributed by atoms with Crippen LogP contribution in [0.15, 0.2) is 36.5 Å². The number of primary amides is 1. The predicted octanol–water partition coefficient (Wildman–Crippen LogP) is 2.47. The first-order valence-electron chi connectivity index (χ1n) is 6.14. The quantitative estimate of drug-likeness (QED) is 0.784. The van der Waals surface area contributed by atoms with Gasteiger partial charge < -0.3 is 5.73 Å². The van der Waals surface area contributed by atoms with Gasteiger partial charge in [-0.15, -0.1) is 0 Å². The van der Waals surface area contributed by atoms with Crippen LogP contribution in [0.3, 0.4) is 0 Å². The summed E-state index contributed by atoms with van der Waals surface area (Å²) in [4.78, 5) is 15.5. The summed E-state index contributed by atoms with van der Waals surface area (Å²) in [6.45, 7) is 0. The SMILES string of the molecule is NC(=O)n1nc(C=Cc2ccccn2)c2c[c]cc(F)c21. The van der Waals surface area contributed by atoms with Crippen LogP contribution in [0, 0.1) is 11.9 Å². The molecule has 0 spiro atoms. The molecule has 0 atom stereocenters. The van der Waals surface area contributed by atoms with E-state index in [1.807, 2.05) is 12.1 Å². The van der Waals surface area contributed by atoms with Gasteiger partial charge in [-0.25, -0.2) is 9.18 Å². The van der Waals surface area contributed by atoms with Gasteiger partial charge >= 0.3 is 6.03 Å². The molecule has 0 aliphatic rings. The molecule has 1 amide bonds. The van der Waals surface area contributed by atoms with Crippen LogP contribution in [0.25, 0.3) is 23.1 Å². The van der Waals surface area contributed by atoms with Crippen LogP contribution >= 0.6 is 0 Å². The standard InChI is InChI=1S/C15H10FN4O/c16-12-6-3-5-11-13(19-20(14(11)12)15(17)21)8-7-10-4-1-2-9-18-10/h1-2,4-9H,(H2,17,21). The van der Waals surface area contributed by atoms with Gasteiger partial charge in [0.1, 0.15) is 11.3 Å². The molecule has 1 aromatic carbocycles. The molecule has 0 fully saturated rings.